The number of rotatable bonds is 18. The van der Waals surface area contributed by atoms with Crippen molar-refractivity contribution in [3.8, 4) is 0 Å². The predicted octanol–water partition coefficient (Wildman–Crippen LogP) is 5.49. The van der Waals surface area contributed by atoms with Crippen LogP contribution in [0.2, 0.25) is 0 Å². The van der Waals surface area contributed by atoms with Gasteiger partial charge < -0.3 is 14.8 Å². The Kier molecular flexibility index (Phi) is 18.7. The third-order valence-electron chi connectivity index (χ3n) is 4.10. The Labute approximate surface area is 170 Å². The molecule has 0 rings (SSSR count). The molecule has 0 aromatic carbocycles. The van der Waals surface area contributed by atoms with E-state index in [0.29, 0.717) is 36.8 Å². The number of esters is 1. The van der Waals surface area contributed by atoms with Crippen molar-refractivity contribution in [1.29, 1.82) is 0 Å². The van der Waals surface area contributed by atoms with Crippen molar-refractivity contribution in [2.75, 3.05) is 31.3 Å². The molecule has 0 aliphatic rings. The molecular formula is C21H39NO4S. The summed E-state index contributed by atoms with van der Waals surface area (Å²) in [7, 11) is 0. The molecule has 0 aromatic rings. The molecule has 0 fully saturated rings. The van der Waals surface area contributed by atoms with Crippen molar-refractivity contribution in [3.05, 3.63) is 12.2 Å². The molecule has 0 spiro atoms. The number of carbonyl (C=O) groups excluding carboxylic acids is 2. The second kappa shape index (κ2) is 19.6. The highest BCUT2D eigenvalue weighted by atomic mass is 32.2. The number of unbranched alkanes of at least 4 members (excludes halogenated alkanes) is 9. The summed E-state index contributed by atoms with van der Waals surface area (Å²) in [5.41, 5.74) is 0.437. The highest BCUT2D eigenvalue weighted by molar-refractivity contribution is 7.99. The Hall–Kier alpha value is -1.17. The van der Waals surface area contributed by atoms with Gasteiger partial charge in [0.05, 0.1) is 6.61 Å². The summed E-state index contributed by atoms with van der Waals surface area (Å²) in [6, 6.07) is 0. The third kappa shape index (κ3) is 18.0. The summed E-state index contributed by atoms with van der Waals surface area (Å²) in [6.45, 7) is 9.04. The molecule has 0 aliphatic heterocycles. The van der Waals surface area contributed by atoms with Crippen LogP contribution in [0.25, 0.3) is 0 Å². The van der Waals surface area contributed by atoms with Gasteiger partial charge in [-0.3, -0.25) is 0 Å². The van der Waals surface area contributed by atoms with Gasteiger partial charge in [0.2, 0.25) is 0 Å². The van der Waals surface area contributed by atoms with Crippen LogP contribution in [0.5, 0.6) is 0 Å². The van der Waals surface area contributed by atoms with Crippen LogP contribution in [-0.2, 0) is 14.3 Å². The van der Waals surface area contributed by atoms with Gasteiger partial charge >= 0.3 is 12.1 Å². The zero-order chi connectivity index (χ0) is 20.2. The van der Waals surface area contributed by atoms with Crippen molar-refractivity contribution in [1.82, 2.24) is 5.32 Å². The van der Waals surface area contributed by atoms with Crippen molar-refractivity contribution in [2.24, 2.45) is 0 Å². The van der Waals surface area contributed by atoms with Crippen LogP contribution in [0.4, 0.5) is 4.79 Å². The summed E-state index contributed by atoms with van der Waals surface area (Å²) in [5.74, 6) is 0.757. The van der Waals surface area contributed by atoms with Crippen LogP contribution in [0, 0.1) is 0 Å². The Balaban J connectivity index is 3.33. The molecule has 1 amide bonds. The molecule has 0 radical (unpaired) electrons. The van der Waals surface area contributed by atoms with Crippen LogP contribution < -0.4 is 5.32 Å². The van der Waals surface area contributed by atoms with Crippen LogP contribution >= 0.6 is 11.8 Å². The Morgan fingerprint density at radius 2 is 1.48 bits per heavy atom. The van der Waals surface area contributed by atoms with Crippen molar-refractivity contribution in [3.63, 3.8) is 0 Å². The van der Waals surface area contributed by atoms with Crippen molar-refractivity contribution >= 4 is 23.8 Å². The minimum absolute atomic E-state index is 0.324. The first-order valence-corrected chi connectivity index (χ1v) is 11.6. The van der Waals surface area contributed by atoms with Gasteiger partial charge in [0, 0.05) is 23.6 Å². The van der Waals surface area contributed by atoms with E-state index in [0.717, 1.165) is 12.8 Å². The fourth-order valence-electron chi connectivity index (χ4n) is 2.53. The average molecular weight is 402 g/mol. The first-order chi connectivity index (χ1) is 13.1. The summed E-state index contributed by atoms with van der Waals surface area (Å²) in [6.07, 6.45) is 12.4. The van der Waals surface area contributed by atoms with Gasteiger partial charge in [-0.05, 0) is 13.3 Å². The molecule has 0 saturated carbocycles. The molecule has 27 heavy (non-hydrogen) atoms. The molecule has 0 aromatic heterocycles. The second-order valence-electron chi connectivity index (χ2n) is 6.62. The molecule has 0 atom stereocenters. The predicted molar refractivity (Wildman–Crippen MR) is 114 cm³/mol. The fourth-order valence-corrected chi connectivity index (χ4v) is 3.24. The minimum Gasteiger partial charge on any atom is -0.463 e. The number of thioether (sulfide) groups is 1. The van der Waals surface area contributed by atoms with Gasteiger partial charge in [0.15, 0.2) is 0 Å². The molecule has 0 aliphatic carbocycles. The highest BCUT2D eigenvalue weighted by Gasteiger charge is 2.07. The summed E-state index contributed by atoms with van der Waals surface area (Å²) >= 11 is 1.50. The smallest absolute Gasteiger partial charge is 0.407 e. The van der Waals surface area contributed by atoms with E-state index in [2.05, 4.69) is 18.8 Å². The van der Waals surface area contributed by atoms with Gasteiger partial charge in [-0.1, -0.05) is 71.3 Å². The molecule has 0 unspecified atom stereocenters. The Bertz CT molecular complexity index is 402. The first kappa shape index (κ1) is 25.8. The van der Waals surface area contributed by atoms with Gasteiger partial charge in [-0.15, -0.1) is 0 Å². The average Bonchev–Trinajstić information content (AvgIpc) is 2.65. The molecular weight excluding hydrogens is 362 g/mol. The number of hydrogen-bond donors (Lipinski definition) is 1. The standard InChI is InChI=1S/C21H39NO4S/c1-4-6-7-8-9-10-11-12-13-14-15-22-21(24)26-16-17-27-18-19(3)20(23)25-5-2/h3-18H2,1-2H3,(H,22,24). The summed E-state index contributed by atoms with van der Waals surface area (Å²) in [5, 5.41) is 2.78. The normalized spacial score (nSPS) is 10.4. The molecule has 0 heterocycles. The lowest BCUT2D eigenvalue weighted by Gasteiger charge is -2.08. The number of hydrogen-bond acceptors (Lipinski definition) is 5. The fraction of sp³-hybridized carbons (Fsp3) is 0.810. The zero-order valence-electron chi connectivity index (χ0n) is 17.4. The van der Waals surface area contributed by atoms with E-state index in [9.17, 15) is 9.59 Å². The van der Waals surface area contributed by atoms with Crippen LogP contribution in [-0.4, -0.2) is 43.3 Å². The van der Waals surface area contributed by atoms with E-state index in [1.807, 2.05) is 0 Å². The van der Waals surface area contributed by atoms with Crippen molar-refractivity contribution in [2.45, 2.75) is 78.1 Å². The lowest BCUT2D eigenvalue weighted by molar-refractivity contribution is -0.138. The van der Waals surface area contributed by atoms with Gasteiger partial charge in [-0.25, -0.2) is 9.59 Å². The van der Waals surface area contributed by atoms with Crippen LogP contribution in [0.3, 0.4) is 0 Å². The summed E-state index contributed by atoms with van der Waals surface area (Å²) < 4.78 is 9.96. The molecule has 0 bridgehead atoms. The zero-order valence-corrected chi connectivity index (χ0v) is 18.2. The third-order valence-corrected chi connectivity index (χ3v) is 5.11. The van der Waals surface area contributed by atoms with Gasteiger partial charge in [0.25, 0.3) is 0 Å². The SMILES string of the molecule is C=C(CSCCOC(=O)NCCCCCCCCCCCC)C(=O)OCC. The lowest BCUT2D eigenvalue weighted by Crippen LogP contribution is -2.26. The van der Waals surface area contributed by atoms with Crippen LogP contribution in [0.1, 0.15) is 78.1 Å². The maximum absolute atomic E-state index is 11.6. The van der Waals surface area contributed by atoms with E-state index in [1.54, 1.807) is 6.92 Å². The molecule has 6 heteroatoms. The maximum atomic E-state index is 11.6. The van der Waals surface area contributed by atoms with Gasteiger partial charge in [-0.2, -0.15) is 11.8 Å². The highest BCUT2D eigenvalue weighted by Crippen LogP contribution is 2.10. The minimum atomic E-state index is -0.365. The first-order valence-electron chi connectivity index (χ1n) is 10.4. The van der Waals surface area contributed by atoms with E-state index >= 15 is 0 Å². The lowest BCUT2D eigenvalue weighted by atomic mass is 10.1. The number of nitrogens with one attached hydrogen (secondary N) is 1. The van der Waals surface area contributed by atoms with E-state index in [-0.39, 0.29) is 12.1 Å². The summed E-state index contributed by atoms with van der Waals surface area (Å²) in [4.78, 5) is 22.9. The maximum Gasteiger partial charge on any atom is 0.407 e. The number of ether oxygens (including phenoxy) is 2. The molecule has 5 nitrogen and oxygen atoms in total. The Morgan fingerprint density at radius 3 is 2.07 bits per heavy atom. The number of alkyl carbamates (subject to hydrolysis) is 1. The molecule has 1 N–H and O–H groups in total. The van der Waals surface area contributed by atoms with Crippen LogP contribution in [0.15, 0.2) is 12.2 Å². The number of carbonyl (C=O) groups is 2. The number of amides is 1. The monoisotopic (exact) mass is 401 g/mol. The molecule has 0 saturated heterocycles. The second-order valence-corrected chi connectivity index (χ2v) is 7.73. The largest absolute Gasteiger partial charge is 0.463 e. The van der Waals surface area contributed by atoms with E-state index in [1.165, 1.54) is 63.1 Å². The van der Waals surface area contributed by atoms with Gasteiger partial charge in [0.1, 0.15) is 6.61 Å². The Morgan fingerprint density at radius 1 is 0.889 bits per heavy atom. The van der Waals surface area contributed by atoms with E-state index in [4.69, 9.17) is 9.47 Å². The van der Waals surface area contributed by atoms with E-state index < -0.39 is 0 Å². The molecule has 158 valence electrons. The topological polar surface area (TPSA) is 64.6 Å². The quantitative estimate of drug-likeness (QED) is 0.187. The van der Waals surface area contributed by atoms with Crippen molar-refractivity contribution < 1.29 is 19.1 Å².